The van der Waals surface area contributed by atoms with E-state index < -0.39 is 0 Å². The highest BCUT2D eigenvalue weighted by molar-refractivity contribution is 9.10. The number of carbonyl (C=O) groups excluding carboxylic acids is 1. The smallest absolute Gasteiger partial charge is 0.195 e. The highest BCUT2D eigenvalue weighted by Crippen LogP contribution is 2.39. The van der Waals surface area contributed by atoms with Crippen LogP contribution in [0.3, 0.4) is 0 Å². The molecule has 0 atom stereocenters. The van der Waals surface area contributed by atoms with Gasteiger partial charge in [-0.15, -0.1) is 0 Å². The Kier molecular flexibility index (Phi) is 3.39. The van der Waals surface area contributed by atoms with Crippen LogP contribution in [0, 0.1) is 0 Å². The van der Waals surface area contributed by atoms with Crippen molar-refractivity contribution in [2.45, 2.75) is 0 Å². The van der Waals surface area contributed by atoms with Crippen molar-refractivity contribution in [3.63, 3.8) is 0 Å². The number of halogens is 3. The summed E-state index contributed by atoms with van der Waals surface area (Å²) in [6.07, 6.45) is 2.57. The van der Waals surface area contributed by atoms with Crippen LogP contribution in [0.25, 0.3) is 15.3 Å². The first-order valence-electron chi connectivity index (χ1n) is 5.18. The molecule has 3 rings (SSSR count). The largest absolute Gasteiger partial charge is 0.296 e. The molecule has 0 saturated carbocycles. The average molecular weight is 376 g/mol. The molecular weight excluding hydrogens is 371 g/mol. The van der Waals surface area contributed by atoms with Gasteiger partial charge >= 0.3 is 0 Å². The van der Waals surface area contributed by atoms with Gasteiger partial charge in [0.25, 0.3) is 0 Å². The fraction of sp³-hybridized carbons (Fsp3) is 0. The van der Waals surface area contributed by atoms with E-state index >= 15 is 0 Å². The third-order valence-corrected chi connectivity index (χ3v) is 5.33. The molecule has 0 unspecified atom stereocenters. The number of thiazole rings is 1. The minimum absolute atomic E-state index is 0.411. The second-order valence-electron chi connectivity index (χ2n) is 3.75. The molecule has 7 heteroatoms. The van der Waals surface area contributed by atoms with E-state index in [9.17, 15) is 4.79 Å². The Balaban J connectivity index is 2.28. The van der Waals surface area contributed by atoms with Gasteiger partial charge in [-0.3, -0.25) is 9.36 Å². The number of benzene rings is 1. The number of rotatable bonds is 2. The summed E-state index contributed by atoms with van der Waals surface area (Å²) >= 11 is 17.0. The maximum Gasteiger partial charge on any atom is 0.195 e. The molecule has 2 heterocycles. The Morgan fingerprint density at radius 2 is 2.16 bits per heavy atom. The number of aromatic nitrogens is 2. The number of aldehydes is 1. The van der Waals surface area contributed by atoms with Crippen LogP contribution in [0.5, 0.6) is 0 Å². The Hall–Kier alpha value is -0.880. The van der Waals surface area contributed by atoms with Crippen molar-refractivity contribution in [1.29, 1.82) is 0 Å². The number of nitrogens with zero attached hydrogens (tertiary/aromatic N) is 2. The van der Waals surface area contributed by atoms with Crippen molar-refractivity contribution < 1.29 is 4.79 Å². The molecule has 0 amide bonds. The Morgan fingerprint density at radius 3 is 2.89 bits per heavy atom. The first kappa shape index (κ1) is 13.1. The number of hydrogen-bond acceptors (Lipinski definition) is 3. The summed E-state index contributed by atoms with van der Waals surface area (Å²) in [5.74, 6) is 0. The molecule has 0 aliphatic heterocycles. The second kappa shape index (κ2) is 4.90. The maximum atomic E-state index is 11.0. The Labute approximate surface area is 130 Å². The molecule has 0 bridgehead atoms. The van der Waals surface area contributed by atoms with Gasteiger partial charge in [-0.1, -0.05) is 34.5 Å². The molecule has 0 aliphatic rings. The predicted octanol–water partition coefficient (Wildman–Crippen LogP) is 4.97. The predicted molar refractivity (Wildman–Crippen MR) is 82.1 cm³/mol. The molecule has 0 fully saturated rings. The standard InChI is InChI=1S/C12H5BrCl2N2OS/c13-7-4-8-11(10(15)9(7)14)16-12(19-8)17-3-1-2-6(17)5-18/h1-5H. The van der Waals surface area contributed by atoms with Gasteiger partial charge in [0.05, 0.1) is 20.4 Å². The first-order chi connectivity index (χ1) is 9.11. The zero-order valence-electron chi connectivity index (χ0n) is 9.23. The van der Waals surface area contributed by atoms with Crippen molar-refractivity contribution >= 4 is 67.0 Å². The number of fused-ring (bicyclic) bond motifs is 1. The molecule has 1 aromatic carbocycles. The van der Waals surface area contributed by atoms with Gasteiger partial charge in [0.1, 0.15) is 5.52 Å². The SMILES string of the molecule is O=Cc1cccn1-c1nc2c(Cl)c(Cl)c(Br)cc2s1. The van der Waals surface area contributed by atoms with Crippen LogP contribution in [0.2, 0.25) is 10.0 Å². The zero-order chi connectivity index (χ0) is 13.6. The van der Waals surface area contributed by atoms with E-state index in [4.69, 9.17) is 23.2 Å². The summed E-state index contributed by atoms with van der Waals surface area (Å²) in [4.78, 5) is 15.4. The van der Waals surface area contributed by atoms with Crippen LogP contribution < -0.4 is 0 Å². The zero-order valence-corrected chi connectivity index (χ0v) is 13.1. The van der Waals surface area contributed by atoms with Gasteiger partial charge in [-0.2, -0.15) is 0 Å². The third kappa shape index (κ3) is 2.10. The molecule has 0 saturated heterocycles. The van der Waals surface area contributed by atoms with E-state index in [-0.39, 0.29) is 0 Å². The van der Waals surface area contributed by atoms with Crippen LogP contribution in [0.4, 0.5) is 0 Å². The van der Waals surface area contributed by atoms with Crippen molar-refractivity contribution in [3.05, 3.63) is 44.6 Å². The Bertz CT molecular complexity index is 796. The monoisotopic (exact) mass is 374 g/mol. The van der Waals surface area contributed by atoms with Gasteiger partial charge in [0.2, 0.25) is 0 Å². The first-order valence-corrected chi connectivity index (χ1v) is 7.55. The van der Waals surface area contributed by atoms with Crippen molar-refractivity contribution in [1.82, 2.24) is 9.55 Å². The summed E-state index contributed by atoms with van der Waals surface area (Å²) in [5, 5.41) is 1.53. The van der Waals surface area contributed by atoms with Gasteiger partial charge in [0, 0.05) is 10.7 Å². The summed E-state index contributed by atoms with van der Waals surface area (Å²) < 4.78 is 3.35. The minimum atomic E-state index is 0.411. The lowest BCUT2D eigenvalue weighted by molar-refractivity contribution is 0.111. The van der Waals surface area contributed by atoms with Crippen molar-refractivity contribution in [3.8, 4) is 5.13 Å². The molecule has 0 aliphatic carbocycles. The molecule has 0 radical (unpaired) electrons. The molecule has 3 aromatic rings. The molecule has 3 nitrogen and oxygen atoms in total. The topological polar surface area (TPSA) is 34.9 Å². The molecule has 2 aromatic heterocycles. The lowest BCUT2D eigenvalue weighted by Crippen LogP contribution is -1.96. The maximum absolute atomic E-state index is 11.0. The normalized spacial score (nSPS) is 11.1. The van der Waals surface area contributed by atoms with Gasteiger partial charge in [0.15, 0.2) is 11.4 Å². The minimum Gasteiger partial charge on any atom is -0.296 e. The van der Waals surface area contributed by atoms with Crippen molar-refractivity contribution in [2.24, 2.45) is 0 Å². The van der Waals surface area contributed by atoms with E-state index in [2.05, 4.69) is 20.9 Å². The van der Waals surface area contributed by atoms with E-state index in [0.29, 0.717) is 26.4 Å². The van der Waals surface area contributed by atoms with Crippen LogP contribution in [-0.2, 0) is 0 Å². The van der Waals surface area contributed by atoms with E-state index in [0.717, 1.165) is 15.5 Å². The summed E-state index contributed by atoms with van der Waals surface area (Å²) in [7, 11) is 0. The number of hydrogen-bond donors (Lipinski definition) is 0. The van der Waals surface area contributed by atoms with Crippen LogP contribution in [-0.4, -0.2) is 15.8 Å². The second-order valence-corrected chi connectivity index (χ2v) is 6.37. The highest BCUT2D eigenvalue weighted by atomic mass is 79.9. The lowest BCUT2D eigenvalue weighted by atomic mass is 10.3. The van der Waals surface area contributed by atoms with Crippen LogP contribution in [0.15, 0.2) is 28.9 Å². The van der Waals surface area contributed by atoms with E-state index in [1.54, 1.807) is 22.9 Å². The molecule has 96 valence electrons. The molecular formula is C12H5BrCl2N2OS. The molecule has 19 heavy (non-hydrogen) atoms. The van der Waals surface area contributed by atoms with E-state index in [1.807, 2.05) is 6.07 Å². The Morgan fingerprint density at radius 1 is 1.37 bits per heavy atom. The van der Waals surface area contributed by atoms with Gasteiger partial charge < -0.3 is 0 Å². The molecule has 0 spiro atoms. The summed E-state index contributed by atoms with van der Waals surface area (Å²) in [6.45, 7) is 0. The fourth-order valence-corrected chi connectivity index (χ4v) is 3.89. The quantitative estimate of drug-likeness (QED) is 0.468. The van der Waals surface area contributed by atoms with Gasteiger partial charge in [-0.25, -0.2) is 4.98 Å². The van der Waals surface area contributed by atoms with Crippen LogP contribution in [0.1, 0.15) is 10.5 Å². The summed E-state index contributed by atoms with van der Waals surface area (Å²) in [5.41, 5.74) is 1.18. The average Bonchev–Trinajstić information content (AvgIpc) is 3.01. The van der Waals surface area contributed by atoms with Crippen molar-refractivity contribution in [2.75, 3.05) is 0 Å². The third-order valence-electron chi connectivity index (χ3n) is 2.62. The van der Waals surface area contributed by atoms with Crippen LogP contribution >= 0.6 is 50.5 Å². The lowest BCUT2D eigenvalue weighted by Gasteiger charge is -1.98. The number of carbonyl (C=O) groups is 1. The fourth-order valence-electron chi connectivity index (χ4n) is 1.73. The van der Waals surface area contributed by atoms with E-state index in [1.165, 1.54) is 11.3 Å². The molecule has 0 N–H and O–H groups in total. The van der Waals surface area contributed by atoms with Gasteiger partial charge in [-0.05, 0) is 34.1 Å². The highest BCUT2D eigenvalue weighted by Gasteiger charge is 2.15. The summed E-state index contributed by atoms with van der Waals surface area (Å²) in [6, 6.07) is 5.39.